The van der Waals surface area contributed by atoms with Gasteiger partial charge in [0, 0.05) is 18.4 Å². The number of halogens is 1. The minimum atomic E-state index is -3.38. The number of alkyl halides is 1. The number of rotatable bonds is 4. The summed E-state index contributed by atoms with van der Waals surface area (Å²) in [5, 5.41) is 0.613. The van der Waals surface area contributed by atoms with Crippen LogP contribution in [-0.4, -0.2) is 26.8 Å². The fraction of sp³-hybridized carbons (Fsp3) is 0.400. The van der Waals surface area contributed by atoms with Gasteiger partial charge in [0.25, 0.3) is 0 Å². The van der Waals surface area contributed by atoms with Crippen molar-refractivity contribution in [3.05, 3.63) is 29.8 Å². The molecule has 88 valence electrons. The van der Waals surface area contributed by atoms with E-state index in [-0.39, 0.29) is 0 Å². The normalized spacial score (nSPS) is 15.2. The van der Waals surface area contributed by atoms with Crippen molar-refractivity contribution in [3.8, 4) is 0 Å². The molecule has 0 aliphatic carbocycles. The molecule has 0 saturated carbocycles. The van der Waals surface area contributed by atoms with Crippen LogP contribution >= 0.6 is 15.9 Å². The van der Waals surface area contributed by atoms with Crippen molar-refractivity contribution >= 4 is 31.8 Å². The van der Waals surface area contributed by atoms with Gasteiger partial charge in [-0.2, -0.15) is 13.1 Å². The SMILES string of the molecule is O=S(=O)(NCCBr)N1CCc2ccccc21. The highest BCUT2D eigenvalue weighted by Gasteiger charge is 2.28. The Kier molecular flexibility index (Phi) is 3.51. The summed E-state index contributed by atoms with van der Waals surface area (Å²) in [6, 6.07) is 7.60. The fourth-order valence-electron chi connectivity index (χ4n) is 1.80. The summed E-state index contributed by atoms with van der Waals surface area (Å²) in [7, 11) is -3.38. The van der Waals surface area contributed by atoms with Gasteiger partial charge < -0.3 is 0 Å². The first-order valence-corrected chi connectivity index (χ1v) is 7.62. The zero-order valence-corrected chi connectivity index (χ0v) is 11.1. The van der Waals surface area contributed by atoms with Crippen molar-refractivity contribution < 1.29 is 8.42 Å². The zero-order chi connectivity index (χ0) is 11.6. The third kappa shape index (κ3) is 2.23. The third-order valence-electron chi connectivity index (χ3n) is 2.51. The van der Waals surface area contributed by atoms with Gasteiger partial charge in [0.15, 0.2) is 0 Å². The van der Waals surface area contributed by atoms with Gasteiger partial charge >= 0.3 is 10.2 Å². The molecule has 6 heteroatoms. The summed E-state index contributed by atoms with van der Waals surface area (Å²) >= 11 is 3.20. The van der Waals surface area contributed by atoms with E-state index >= 15 is 0 Å². The van der Waals surface area contributed by atoms with E-state index in [1.165, 1.54) is 4.31 Å². The minimum absolute atomic E-state index is 0.404. The molecule has 1 heterocycles. The summed E-state index contributed by atoms with van der Waals surface area (Å²) in [5.41, 5.74) is 1.89. The first-order chi connectivity index (χ1) is 7.65. The van der Waals surface area contributed by atoms with Gasteiger partial charge in [-0.25, -0.2) is 0 Å². The van der Waals surface area contributed by atoms with Crippen LogP contribution in [0.15, 0.2) is 24.3 Å². The number of nitrogens with one attached hydrogen (secondary N) is 1. The molecule has 0 bridgehead atoms. The molecule has 1 N–H and O–H groups in total. The maximum atomic E-state index is 11.9. The van der Waals surface area contributed by atoms with Crippen molar-refractivity contribution in [1.82, 2.24) is 4.72 Å². The van der Waals surface area contributed by atoms with Crippen LogP contribution in [0, 0.1) is 0 Å². The van der Waals surface area contributed by atoms with Crippen LogP contribution in [0.2, 0.25) is 0 Å². The number of anilines is 1. The maximum Gasteiger partial charge on any atom is 0.301 e. The van der Waals surface area contributed by atoms with Crippen molar-refractivity contribution in [2.24, 2.45) is 0 Å². The van der Waals surface area contributed by atoms with Crippen LogP contribution in [0.4, 0.5) is 5.69 Å². The quantitative estimate of drug-likeness (QED) is 0.852. The molecule has 4 nitrogen and oxygen atoms in total. The molecule has 0 aromatic heterocycles. The lowest BCUT2D eigenvalue weighted by molar-refractivity contribution is 0.580. The molecule has 1 aromatic rings. The fourth-order valence-corrected chi connectivity index (χ4v) is 3.55. The monoisotopic (exact) mass is 304 g/mol. The Morgan fingerprint density at radius 3 is 2.88 bits per heavy atom. The topological polar surface area (TPSA) is 49.4 Å². The van der Waals surface area contributed by atoms with Gasteiger partial charge in [0.1, 0.15) is 0 Å². The van der Waals surface area contributed by atoms with Crippen molar-refractivity contribution in [2.45, 2.75) is 6.42 Å². The van der Waals surface area contributed by atoms with E-state index in [2.05, 4.69) is 20.7 Å². The molecule has 0 fully saturated rings. The molecule has 1 aliphatic rings. The van der Waals surface area contributed by atoms with E-state index in [9.17, 15) is 8.42 Å². The maximum absolute atomic E-state index is 11.9. The second kappa shape index (κ2) is 4.73. The number of nitrogens with zero attached hydrogens (tertiary/aromatic N) is 1. The van der Waals surface area contributed by atoms with E-state index < -0.39 is 10.2 Å². The van der Waals surface area contributed by atoms with Crippen LogP contribution < -0.4 is 9.03 Å². The molecular formula is C10H13BrN2O2S. The van der Waals surface area contributed by atoms with Gasteiger partial charge in [0.2, 0.25) is 0 Å². The van der Waals surface area contributed by atoms with Crippen LogP contribution in [0.1, 0.15) is 5.56 Å². The summed E-state index contributed by atoms with van der Waals surface area (Å²) in [5.74, 6) is 0. The van der Waals surface area contributed by atoms with Gasteiger partial charge in [-0.05, 0) is 18.1 Å². The van der Waals surface area contributed by atoms with Crippen LogP contribution in [0.5, 0.6) is 0 Å². The molecule has 0 spiro atoms. The Morgan fingerprint density at radius 2 is 2.12 bits per heavy atom. The summed E-state index contributed by atoms with van der Waals surface area (Å²) < 4.78 is 27.9. The number of hydrogen-bond acceptors (Lipinski definition) is 2. The first-order valence-electron chi connectivity index (χ1n) is 5.06. The van der Waals surface area contributed by atoms with Crippen LogP contribution in [0.3, 0.4) is 0 Å². The summed E-state index contributed by atoms with van der Waals surface area (Å²) in [6.45, 7) is 0.929. The highest BCUT2D eigenvalue weighted by Crippen LogP contribution is 2.29. The zero-order valence-electron chi connectivity index (χ0n) is 8.69. The number of benzene rings is 1. The van der Waals surface area contributed by atoms with Crippen LogP contribution in [-0.2, 0) is 16.6 Å². The summed E-state index contributed by atoms with van der Waals surface area (Å²) in [4.78, 5) is 0. The molecule has 0 unspecified atom stereocenters. The van der Waals surface area contributed by atoms with Gasteiger partial charge in [-0.3, -0.25) is 4.31 Å². The number of para-hydroxylation sites is 1. The van der Waals surface area contributed by atoms with Crippen molar-refractivity contribution in [2.75, 3.05) is 22.7 Å². The molecule has 0 amide bonds. The first kappa shape index (κ1) is 11.9. The highest BCUT2D eigenvalue weighted by molar-refractivity contribution is 9.09. The van der Waals surface area contributed by atoms with E-state index in [1.54, 1.807) is 0 Å². The molecule has 1 aliphatic heterocycles. The molecule has 16 heavy (non-hydrogen) atoms. The lowest BCUT2D eigenvalue weighted by Gasteiger charge is -2.19. The third-order valence-corrected chi connectivity index (χ3v) is 4.44. The van der Waals surface area contributed by atoms with Crippen LogP contribution in [0.25, 0.3) is 0 Å². The molecule has 0 atom stereocenters. The molecule has 2 rings (SSSR count). The number of fused-ring (bicyclic) bond motifs is 1. The van der Waals surface area contributed by atoms with Gasteiger partial charge in [-0.1, -0.05) is 34.1 Å². The average Bonchev–Trinajstić information content (AvgIpc) is 2.71. The van der Waals surface area contributed by atoms with E-state index in [1.807, 2.05) is 24.3 Å². The standard InChI is InChI=1S/C10H13BrN2O2S/c11-6-7-12-16(14,15)13-8-5-9-3-1-2-4-10(9)13/h1-4,12H,5-8H2. The lowest BCUT2D eigenvalue weighted by Crippen LogP contribution is -2.40. The molecule has 1 aromatic carbocycles. The van der Waals surface area contributed by atoms with E-state index in [0.29, 0.717) is 18.4 Å². The van der Waals surface area contributed by atoms with Crippen molar-refractivity contribution in [3.63, 3.8) is 0 Å². The Balaban J connectivity index is 2.25. The predicted octanol–water partition coefficient (Wildman–Crippen LogP) is 1.28. The smallest absolute Gasteiger partial charge is 0.257 e. The van der Waals surface area contributed by atoms with Gasteiger partial charge in [-0.15, -0.1) is 0 Å². The Hall–Kier alpha value is -0.590. The Bertz CT molecular complexity index is 475. The molecule has 0 radical (unpaired) electrons. The second-order valence-corrected chi connectivity index (χ2v) is 6.01. The number of hydrogen-bond donors (Lipinski definition) is 1. The van der Waals surface area contributed by atoms with E-state index in [4.69, 9.17) is 0 Å². The highest BCUT2D eigenvalue weighted by atomic mass is 79.9. The van der Waals surface area contributed by atoms with Crippen molar-refractivity contribution in [1.29, 1.82) is 0 Å². The Morgan fingerprint density at radius 1 is 1.38 bits per heavy atom. The minimum Gasteiger partial charge on any atom is -0.257 e. The predicted molar refractivity (Wildman–Crippen MR) is 68.2 cm³/mol. The van der Waals surface area contributed by atoms with Gasteiger partial charge in [0.05, 0.1) is 5.69 Å². The second-order valence-electron chi connectivity index (χ2n) is 3.54. The van der Waals surface area contributed by atoms with E-state index in [0.717, 1.165) is 17.7 Å². The average molecular weight is 305 g/mol. The molecule has 0 saturated heterocycles. The largest absolute Gasteiger partial charge is 0.301 e. The lowest BCUT2D eigenvalue weighted by atomic mass is 10.2. The molecular weight excluding hydrogens is 292 g/mol. The summed E-state index contributed by atoms with van der Waals surface area (Å²) in [6.07, 6.45) is 0.783. The Labute approximate surface area is 104 Å².